The van der Waals surface area contributed by atoms with E-state index in [2.05, 4.69) is 48.4 Å². The summed E-state index contributed by atoms with van der Waals surface area (Å²) in [5, 5.41) is 3.29. The van der Waals surface area contributed by atoms with Gasteiger partial charge in [0, 0.05) is 36.6 Å². The molecule has 0 amide bonds. The number of hydrogen-bond acceptors (Lipinski definition) is 4. The van der Waals surface area contributed by atoms with Gasteiger partial charge >= 0.3 is 0 Å². The van der Waals surface area contributed by atoms with E-state index in [0.717, 1.165) is 31.1 Å². The Labute approximate surface area is 130 Å². The second-order valence-electron chi connectivity index (χ2n) is 6.60. The molecular formula is C17H23N3S. The summed E-state index contributed by atoms with van der Waals surface area (Å²) < 4.78 is 0. The van der Waals surface area contributed by atoms with Crippen LogP contribution in [-0.4, -0.2) is 29.0 Å². The number of nitrogens with two attached hydrogens (primary N) is 1. The van der Waals surface area contributed by atoms with E-state index in [-0.39, 0.29) is 5.41 Å². The number of aromatic nitrogens is 1. The molecular weight excluding hydrogens is 278 g/mol. The highest BCUT2D eigenvalue weighted by atomic mass is 32.1. The van der Waals surface area contributed by atoms with Crippen LogP contribution in [0.4, 0.5) is 0 Å². The zero-order valence-electron chi connectivity index (χ0n) is 12.7. The summed E-state index contributed by atoms with van der Waals surface area (Å²) in [7, 11) is 0. The van der Waals surface area contributed by atoms with Crippen molar-refractivity contribution < 1.29 is 0 Å². The molecule has 1 aliphatic heterocycles. The molecule has 2 N–H and O–H groups in total. The number of hydrogen-bond donors (Lipinski definition) is 1. The average Bonchev–Trinajstić information content (AvgIpc) is 2.92. The van der Waals surface area contributed by atoms with Gasteiger partial charge in [0.1, 0.15) is 5.01 Å². The summed E-state index contributed by atoms with van der Waals surface area (Å²) in [6.07, 6.45) is 1.07. The fourth-order valence-corrected chi connectivity index (χ4v) is 3.76. The maximum Gasteiger partial charge on any atom is 0.123 e. The van der Waals surface area contributed by atoms with Crippen LogP contribution in [0.25, 0.3) is 10.6 Å². The van der Waals surface area contributed by atoms with E-state index in [1.54, 1.807) is 11.3 Å². The summed E-state index contributed by atoms with van der Waals surface area (Å²) in [5.74, 6) is 0. The van der Waals surface area contributed by atoms with Crippen molar-refractivity contribution in [3.63, 3.8) is 0 Å². The minimum atomic E-state index is 0.191. The van der Waals surface area contributed by atoms with Crippen LogP contribution in [0.15, 0.2) is 35.7 Å². The third-order valence-electron chi connectivity index (χ3n) is 4.35. The topological polar surface area (TPSA) is 42.2 Å². The molecule has 21 heavy (non-hydrogen) atoms. The molecule has 112 valence electrons. The summed E-state index contributed by atoms with van der Waals surface area (Å²) in [6, 6.07) is 10.7. The molecule has 2 aromatic rings. The van der Waals surface area contributed by atoms with Gasteiger partial charge in [-0.2, -0.15) is 0 Å². The molecule has 1 aromatic heterocycles. The maximum absolute atomic E-state index is 6.21. The fraction of sp³-hybridized carbons (Fsp3) is 0.471. The van der Waals surface area contributed by atoms with E-state index in [0.29, 0.717) is 6.04 Å². The molecule has 2 heterocycles. The average molecular weight is 301 g/mol. The Morgan fingerprint density at radius 1 is 1.33 bits per heavy atom. The number of benzene rings is 1. The first kappa shape index (κ1) is 14.7. The number of nitrogens with zero attached hydrogens (tertiary/aromatic N) is 2. The van der Waals surface area contributed by atoms with Crippen molar-refractivity contribution in [1.82, 2.24) is 9.88 Å². The third kappa shape index (κ3) is 3.34. The molecule has 0 aliphatic carbocycles. The lowest BCUT2D eigenvalue weighted by Gasteiger charge is -2.42. The molecule has 1 saturated heterocycles. The van der Waals surface area contributed by atoms with Crippen LogP contribution in [0.5, 0.6) is 0 Å². The SMILES string of the molecule is CC1(C)CN(Cc2csc(-c3ccccc3)n2)CCC1N. The van der Waals surface area contributed by atoms with E-state index in [1.807, 2.05) is 6.07 Å². The predicted molar refractivity (Wildman–Crippen MR) is 89.2 cm³/mol. The summed E-state index contributed by atoms with van der Waals surface area (Å²) in [5.41, 5.74) is 8.77. The van der Waals surface area contributed by atoms with Gasteiger partial charge in [-0.1, -0.05) is 44.2 Å². The van der Waals surface area contributed by atoms with E-state index in [9.17, 15) is 0 Å². The molecule has 0 radical (unpaired) electrons. The first-order valence-electron chi connectivity index (χ1n) is 7.52. The van der Waals surface area contributed by atoms with Gasteiger partial charge in [-0.15, -0.1) is 11.3 Å². The van der Waals surface area contributed by atoms with Crippen molar-refractivity contribution in [3.8, 4) is 10.6 Å². The second-order valence-corrected chi connectivity index (χ2v) is 7.46. The normalized spacial score (nSPS) is 22.3. The molecule has 3 rings (SSSR count). The van der Waals surface area contributed by atoms with Crippen LogP contribution in [0, 0.1) is 5.41 Å². The van der Waals surface area contributed by atoms with E-state index in [1.165, 1.54) is 11.3 Å². The van der Waals surface area contributed by atoms with Crippen LogP contribution in [0.1, 0.15) is 26.0 Å². The maximum atomic E-state index is 6.21. The van der Waals surface area contributed by atoms with E-state index >= 15 is 0 Å². The fourth-order valence-electron chi connectivity index (χ4n) is 2.94. The summed E-state index contributed by atoms with van der Waals surface area (Å²) in [4.78, 5) is 7.27. The Balaban J connectivity index is 1.68. The Hall–Kier alpha value is -1.23. The van der Waals surface area contributed by atoms with Gasteiger partial charge in [0.05, 0.1) is 5.69 Å². The first-order chi connectivity index (χ1) is 10.0. The molecule has 0 bridgehead atoms. The number of thiazole rings is 1. The van der Waals surface area contributed by atoms with Crippen molar-refractivity contribution in [3.05, 3.63) is 41.4 Å². The first-order valence-corrected chi connectivity index (χ1v) is 8.40. The van der Waals surface area contributed by atoms with Crippen LogP contribution in [-0.2, 0) is 6.54 Å². The van der Waals surface area contributed by atoms with Gasteiger partial charge in [-0.05, 0) is 11.8 Å². The molecule has 0 spiro atoms. The molecule has 0 saturated carbocycles. The lowest BCUT2D eigenvalue weighted by atomic mass is 9.80. The third-order valence-corrected chi connectivity index (χ3v) is 5.29. The number of likely N-dealkylation sites (tertiary alicyclic amines) is 1. The number of rotatable bonds is 3. The molecule has 1 fully saturated rings. The zero-order chi connectivity index (χ0) is 14.9. The van der Waals surface area contributed by atoms with Crippen molar-refractivity contribution in [2.24, 2.45) is 11.1 Å². The molecule has 1 unspecified atom stereocenters. The van der Waals surface area contributed by atoms with Gasteiger partial charge < -0.3 is 5.73 Å². The lowest BCUT2D eigenvalue weighted by Crippen LogP contribution is -2.52. The Bertz CT molecular complexity index is 591. The van der Waals surface area contributed by atoms with Gasteiger partial charge in [-0.3, -0.25) is 4.90 Å². The van der Waals surface area contributed by atoms with Gasteiger partial charge in [0.2, 0.25) is 0 Å². The van der Waals surface area contributed by atoms with Crippen LogP contribution < -0.4 is 5.73 Å². The summed E-state index contributed by atoms with van der Waals surface area (Å²) >= 11 is 1.73. The minimum Gasteiger partial charge on any atom is -0.327 e. The molecule has 1 atom stereocenters. The number of piperidine rings is 1. The molecule has 3 nitrogen and oxygen atoms in total. The highest BCUT2D eigenvalue weighted by Crippen LogP contribution is 2.29. The van der Waals surface area contributed by atoms with Crippen molar-refractivity contribution in [2.75, 3.05) is 13.1 Å². The van der Waals surface area contributed by atoms with Crippen LogP contribution >= 0.6 is 11.3 Å². The highest BCUT2D eigenvalue weighted by molar-refractivity contribution is 7.13. The van der Waals surface area contributed by atoms with Gasteiger partial charge in [-0.25, -0.2) is 4.98 Å². The van der Waals surface area contributed by atoms with Crippen molar-refractivity contribution in [2.45, 2.75) is 32.9 Å². The standard InChI is InChI=1S/C17H23N3S/c1-17(2)12-20(9-8-15(17)18)10-14-11-21-16(19-14)13-6-4-3-5-7-13/h3-7,11,15H,8-10,12,18H2,1-2H3. The van der Waals surface area contributed by atoms with E-state index in [4.69, 9.17) is 10.7 Å². The highest BCUT2D eigenvalue weighted by Gasteiger charge is 2.33. The Morgan fingerprint density at radius 3 is 2.81 bits per heavy atom. The summed E-state index contributed by atoms with van der Waals surface area (Å²) in [6.45, 7) is 7.58. The van der Waals surface area contributed by atoms with Crippen molar-refractivity contribution in [1.29, 1.82) is 0 Å². The van der Waals surface area contributed by atoms with Crippen LogP contribution in [0.2, 0.25) is 0 Å². The second kappa shape index (κ2) is 5.87. The quantitative estimate of drug-likeness (QED) is 0.945. The molecule has 1 aliphatic rings. The molecule has 1 aromatic carbocycles. The minimum absolute atomic E-state index is 0.191. The van der Waals surface area contributed by atoms with E-state index < -0.39 is 0 Å². The van der Waals surface area contributed by atoms with Gasteiger partial charge in [0.25, 0.3) is 0 Å². The Kier molecular flexibility index (Phi) is 4.11. The largest absolute Gasteiger partial charge is 0.327 e. The van der Waals surface area contributed by atoms with Gasteiger partial charge in [0.15, 0.2) is 0 Å². The van der Waals surface area contributed by atoms with Crippen molar-refractivity contribution >= 4 is 11.3 Å². The lowest BCUT2D eigenvalue weighted by molar-refractivity contribution is 0.0891. The smallest absolute Gasteiger partial charge is 0.123 e. The predicted octanol–water partition coefficient (Wildman–Crippen LogP) is 3.37. The van der Waals surface area contributed by atoms with Crippen LogP contribution in [0.3, 0.4) is 0 Å². The Morgan fingerprint density at radius 2 is 2.10 bits per heavy atom. The zero-order valence-corrected chi connectivity index (χ0v) is 13.6. The molecule has 4 heteroatoms. The monoisotopic (exact) mass is 301 g/mol.